The van der Waals surface area contributed by atoms with Crippen molar-refractivity contribution in [3.05, 3.63) is 52.6 Å². The zero-order valence-corrected chi connectivity index (χ0v) is 17.0. The van der Waals surface area contributed by atoms with E-state index in [1.54, 1.807) is 0 Å². The van der Waals surface area contributed by atoms with E-state index in [0.29, 0.717) is 40.4 Å². The quantitative estimate of drug-likeness (QED) is 0.791. The van der Waals surface area contributed by atoms with Crippen LogP contribution in [0.15, 0.2) is 35.2 Å². The SMILES string of the molecule is Cc1cc(C)c(S(=O)(=O)[C@]23C[C@@]2(c2ccc4c(c2)OCO4)CCC3=O)c(C)c1. The second-order valence-electron chi connectivity index (χ2n) is 8.31. The van der Waals surface area contributed by atoms with Gasteiger partial charge in [0.2, 0.25) is 6.79 Å². The summed E-state index contributed by atoms with van der Waals surface area (Å²) in [6.07, 6.45) is 1.18. The molecule has 2 aliphatic carbocycles. The Bertz CT molecular complexity index is 1130. The molecule has 2 saturated carbocycles. The molecular formula is C22H22O5S. The molecule has 2 atom stereocenters. The Labute approximate surface area is 164 Å². The fraction of sp³-hybridized carbons (Fsp3) is 0.409. The van der Waals surface area contributed by atoms with E-state index in [1.165, 1.54) is 0 Å². The molecule has 6 heteroatoms. The highest BCUT2D eigenvalue weighted by atomic mass is 32.2. The molecule has 0 N–H and O–H groups in total. The number of ketones is 1. The van der Waals surface area contributed by atoms with Crippen molar-refractivity contribution in [3.63, 3.8) is 0 Å². The van der Waals surface area contributed by atoms with Gasteiger partial charge in [-0.1, -0.05) is 23.8 Å². The summed E-state index contributed by atoms with van der Waals surface area (Å²) < 4.78 is 37.3. The molecule has 1 aliphatic heterocycles. The number of rotatable bonds is 3. The zero-order valence-electron chi connectivity index (χ0n) is 16.2. The van der Waals surface area contributed by atoms with E-state index in [9.17, 15) is 13.2 Å². The number of carbonyl (C=O) groups excluding carboxylic acids is 1. The Morgan fingerprint density at radius 3 is 2.36 bits per heavy atom. The first kappa shape index (κ1) is 17.7. The minimum Gasteiger partial charge on any atom is -0.454 e. The van der Waals surface area contributed by atoms with E-state index in [1.807, 2.05) is 51.1 Å². The Kier molecular flexibility index (Phi) is 3.41. The molecule has 2 aromatic rings. The molecule has 0 saturated heterocycles. The van der Waals surface area contributed by atoms with E-state index in [2.05, 4.69) is 0 Å². The molecule has 0 radical (unpaired) electrons. The summed E-state index contributed by atoms with van der Waals surface area (Å²) >= 11 is 0. The molecule has 0 unspecified atom stereocenters. The number of Topliss-reactive ketones (excluding diaryl/α,β-unsaturated/α-hetero) is 1. The van der Waals surface area contributed by atoms with Crippen molar-refractivity contribution in [3.8, 4) is 11.5 Å². The minimum atomic E-state index is -3.83. The first-order valence-corrected chi connectivity index (χ1v) is 11.0. The average Bonchev–Trinajstić information content (AvgIpc) is 2.95. The van der Waals surface area contributed by atoms with Gasteiger partial charge < -0.3 is 9.47 Å². The van der Waals surface area contributed by atoms with Crippen molar-refractivity contribution < 1.29 is 22.7 Å². The predicted molar refractivity (Wildman–Crippen MR) is 104 cm³/mol. The first-order chi connectivity index (χ1) is 13.2. The second kappa shape index (κ2) is 5.38. The van der Waals surface area contributed by atoms with Crippen molar-refractivity contribution in [1.29, 1.82) is 0 Å². The van der Waals surface area contributed by atoms with Gasteiger partial charge in [-0.05, 0) is 62.4 Å². The summed E-state index contributed by atoms with van der Waals surface area (Å²) in [7, 11) is -3.83. The third-order valence-corrected chi connectivity index (χ3v) is 9.55. The highest BCUT2D eigenvalue weighted by Crippen LogP contribution is 2.71. The Morgan fingerprint density at radius 1 is 0.964 bits per heavy atom. The van der Waals surface area contributed by atoms with Gasteiger partial charge >= 0.3 is 0 Å². The summed E-state index contributed by atoms with van der Waals surface area (Å²) in [5.74, 6) is 1.11. The van der Waals surface area contributed by atoms with Crippen LogP contribution in [0.4, 0.5) is 0 Å². The Balaban J connectivity index is 1.68. The number of fused-ring (bicyclic) bond motifs is 2. The fourth-order valence-electron chi connectivity index (χ4n) is 5.51. The lowest BCUT2D eigenvalue weighted by Gasteiger charge is -2.21. The van der Waals surface area contributed by atoms with Crippen molar-refractivity contribution in [2.45, 2.75) is 55.1 Å². The summed E-state index contributed by atoms with van der Waals surface area (Å²) in [6, 6.07) is 9.31. The van der Waals surface area contributed by atoms with E-state index in [0.717, 1.165) is 11.1 Å². The van der Waals surface area contributed by atoms with Crippen molar-refractivity contribution in [2.75, 3.05) is 6.79 Å². The van der Waals surface area contributed by atoms with Crippen LogP contribution in [0.2, 0.25) is 0 Å². The van der Waals surface area contributed by atoms with Gasteiger partial charge in [-0.15, -0.1) is 0 Å². The smallest absolute Gasteiger partial charge is 0.231 e. The van der Waals surface area contributed by atoms with Gasteiger partial charge in [-0.2, -0.15) is 0 Å². The highest BCUT2D eigenvalue weighted by molar-refractivity contribution is 7.94. The molecule has 2 fully saturated rings. The fourth-order valence-corrected chi connectivity index (χ4v) is 8.39. The topological polar surface area (TPSA) is 69.7 Å². The maximum absolute atomic E-state index is 13.9. The molecule has 0 spiro atoms. The van der Waals surface area contributed by atoms with Gasteiger partial charge in [0.25, 0.3) is 0 Å². The largest absolute Gasteiger partial charge is 0.454 e. The molecule has 28 heavy (non-hydrogen) atoms. The molecule has 2 aromatic carbocycles. The summed E-state index contributed by atoms with van der Waals surface area (Å²) in [5, 5.41) is 0. The van der Waals surface area contributed by atoms with Crippen LogP contribution in [-0.4, -0.2) is 25.7 Å². The Morgan fingerprint density at radius 2 is 1.64 bits per heavy atom. The van der Waals surface area contributed by atoms with Gasteiger partial charge in [-0.3, -0.25) is 4.79 Å². The van der Waals surface area contributed by atoms with Crippen LogP contribution in [-0.2, 0) is 20.0 Å². The lowest BCUT2D eigenvalue weighted by atomic mass is 9.93. The number of ether oxygens (including phenoxy) is 2. The van der Waals surface area contributed by atoms with Crippen LogP contribution in [0.1, 0.15) is 41.5 Å². The van der Waals surface area contributed by atoms with Crippen LogP contribution >= 0.6 is 0 Å². The van der Waals surface area contributed by atoms with E-state index >= 15 is 0 Å². The molecule has 3 aliphatic rings. The van der Waals surface area contributed by atoms with Crippen molar-refractivity contribution in [2.24, 2.45) is 0 Å². The monoisotopic (exact) mass is 398 g/mol. The molecular weight excluding hydrogens is 376 g/mol. The molecule has 5 nitrogen and oxygen atoms in total. The summed E-state index contributed by atoms with van der Waals surface area (Å²) in [4.78, 5) is 13.3. The Hall–Kier alpha value is -2.34. The van der Waals surface area contributed by atoms with Gasteiger partial charge in [-0.25, -0.2) is 8.42 Å². The van der Waals surface area contributed by atoms with Crippen molar-refractivity contribution >= 4 is 15.6 Å². The number of hydrogen-bond donors (Lipinski definition) is 0. The predicted octanol–water partition coefficient (Wildman–Crippen LogP) is 3.56. The van der Waals surface area contributed by atoms with Gasteiger partial charge in [0.1, 0.15) is 4.75 Å². The molecule has 0 amide bonds. The highest BCUT2D eigenvalue weighted by Gasteiger charge is 2.82. The van der Waals surface area contributed by atoms with E-state index in [-0.39, 0.29) is 19.0 Å². The number of carbonyl (C=O) groups is 1. The first-order valence-electron chi connectivity index (χ1n) is 9.49. The van der Waals surface area contributed by atoms with Crippen LogP contribution < -0.4 is 9.47 Å². The summed E-state index contributed by atoms with van der Waals surface area (Å²) in [6.45, 7) is 5.74. The number of aryl methyl sites for hydroxylation is 3. The maximum Gasteiger partial charge on any atom is 0.231 e. The number of benzene rings is 2. The average molecular weight is 398 g/mol. The van der Waals surface area contributed by atoms with Gasteiger partial charge in [0, 0.05) is 11.8 Å². The van der Waals surface area contributed by atoms with E-state index < -0.39 is 20.0 Å². The molecule has 146 valence electrons. The summed E-state index contributed by atoms with van der Waals surface area (Å²) in [5.41, 5.74) is 2.61. The van der Waals surface area contributed by atoms with Crippen LogP contribution in [0.3, 0.4) is 0 Å². The maximum atomic E-state index is 13.9. The van der Waals surface area contributed by atoms with Crippen LogP contribution in [0.5, 0.6) is 11.5 Å². The molecule has 0 bridgehead atoms. The van der Waals surface area contributed by atoms with Crippen LogP contribution in [0.25, 0.3) is 0 Å². The standard InChI is InChI=1S/C22H22O5S/c1-13-8-14(2)20(15(3)9-13)28(24,25)22-11-21(22,7-6-19(22)23)16-4-5-17-18(10-16)27-12-26-17/h4-5,8-10H,6-7,11-12H2,1-3H3/t21-,22+/m1/s1. The molecule has 1 heterocycles. The van der Waals surface area contributed by atoms with Gasteiger partial charge in [0.05, 0.1) is 4.90 Å². The van der Waals surface area contributed by atoms with E-state index in [4.69, 9.17) is 9.47 Å². The lowest BCUT2D eigenvalue weighted by Crippen LogP contribution is -2.36. The number of hydrogen-bond acceptors (Lipinski definition) is 5. The lowest BCUT2D eigenvalue weighted by molar-refractivity contribution is -0.118. The number of sulfone groups is 1. The van der Waals surface area contributed by atoms with Crippen LogP contribution in [0, 0.1) is 20.8 Å². The normalized spacial score (nSPS) is 27.8. The molecule has 0 aromatic heterocycles. The minimum absolute atomic E-state index is 0.162. The third kappa shape index (κ3) is 1.96. The zero-order chi connectivity index (χ0) is 19.9. The second-order valence-corrected chi connectivity index (χ2v) is 10.4. The van der Waals surface area contributed by atoms with Gasteiger partial charge in [0.15, 0.2) is 27.1 Å². The molecule has 5 rings (SSSR count). The van der Waals surface area contributed by atoms with Crippen molar-refractivity contribution in [1.82, 2.24) is 0 Å². The third-order valence-electron chi connectivity index (χ3n) is 6.69.